The Morgan fingerprint density at radius 2 is 1.75 bits per heavy atom. The lowest BCUT2D eigenvalue weighted by atomic mass is 10.0. The quantitative estimate of drug-likeness (QED) is 0.574. The molecule has 16 heavy (non-hydrogen) atoms. The van der Waals surface area contributed by atoms with Crippen molar-refractivity contribution in [3.05, 3.63) is 24.3 Å². The lowest BCUT2D eigenvalue weighted by Gasteiger charge is -2.16. The zero-order chi connectivity index (χ0) is 12.6. The molecule has 1 unspecified atom stereocenters. The van der Waals surface area contributed by atoms with Gasteiger partial charge in [0.1, 0.15) is 0 Å². The zero-order valence-electron chi connectivity index (χ0n) is 11.6. The molecule has 0 spiro atoms. The summed E-state index contributed by atoms with van der Waals surface area (Å²) in [6, 6.07) is 0.562. The molecular weight excluding hydrogens is 194 g/mol. The highest BCUT2D eigenvalue weighted by atomic mass is 14.9. The highest BCUT2D eigenvalue weighted by molar-refractivity contribution is 4.98. The van der Waals surface area contributed by atoms with Crippen LogP contribution in [0, 0.1) is 5.92 Å². The molecule has 0 rings (SSSR count). The third-order valence-electron chi connectivity index (χ3n) is 2.83. The van der Waals surface area contributed by atoms with E-state index < -0.39 is 0 Å². The van der Waals surface area contributed by atoms with E-state index in [-0.39, 0.29) is 0 Å². The van der Waals surface area contributed by atoms with Crippen LogP contribution in [0.4, 0.5) is 0 Å². The van der Waals surface area contributed by atoms with Gasteiger partial charge in [-0.2, -0.15) is 0 Å². The lowest BCUT2D eigenvalue weighted by Crippen LogP contribution is -2.28. The monoisotopic (exact) mass is 223 g/mol. The van der Waals surface area contributed by atoms with E-state index in [1.165, 1.54) is 17.6 Å². The van der Waals surface area contributed by atoms with Gasteiger partial charge in [0.15, 0.2) is 0 Å². The lowest BCUT2D eigenvalue weighted by molar-refractivity contribution is 0.519. The van der Waals surface area contributed by atoms with Crippen molar-refractivity contribution in [2.24, 2.45) is 5.92 Å². The Bertz CT molecular complexity index is 215. The van der Waals surface area contributed by atoms with Crippen molar-refractivity contribution in [1.82, 2.24) is 5.32 Å². The second kappa shape index (κ2) is 8.58. The zero-order valence-corrected chi connectivity index (χ0v) is 11.6. The fourth-order valence-corrected chi connectivity index (χ4v) is 1.67. The molecule has 94 valence electrons. The second-order valence-corrected chi connectivity index (χ2v) is 5.27. The first-order valence-electron chi connectivity index (χ1n) is 6.52. The van der Waals surface area contributed by atoms with Crippen molar-refractivity contribution in [2.75, 3.05) is 6.54 Å². The Morgan fingerprint density at radius 1 is 1.12 bits per heavy atom. The van der Waals surface area contributed by atoms with Crippen LogP contribution in [0.3, 0.4) is 0 Å². The predicted octanol–water partition coefficient (Wildman–Crippen LogP) is 4.31. The summed E-state index contributed by atoms with van der Waals surface area (Å²) >= 11 is 0. The molecule has 0 aromatic carbocycles. The number of hydrogen-bond donors (Lipinski definition) is 1. The molecule has 0 aromatic heterocycles. The Balaban J connectivity index is 3.60. The van der Waals surface area contributed by atoms with Crippen molar-refractivity contribution in [3.63, 3.8) is 0 Å². The third kappa shape index (κ3) is 8.72. The van der Waals surface area contributed by atoms with Crippen LogP contribution in [0.5, 0.6) is 0 Å². The van der Waals surface area contributed by atoms with E-state index in [1.54, 1.807) is 0 Å². The molecule has 1 heteroatoms. The van der Waals surface area contributed by atoms with Crippen LogP contribution in [-0.4, -0.2) is 12.6 Å². The number of allylic oxidation sites excluding steroid dienone is 1. The first-order chi connectivity index (χ1) is 7.45. The molecule has 0 radical (unpaired) electrons. The minimum absolute atomic E-state index is 0.562. The summed E-state index contributed by atoms with van der Waals surface area (Å²) in [5.74, 6) is 0.712. The molecule has 0 bridgehead atoms. The van der Waals surface area contributed by atoms with Gasteiger partial charge in [-0.1, -0.05) is 45.1 Å². The fourth-order valence-electron chi connectivity index (χ4n) is 1.67. The van der Waals surface area contributed by atoms with Gasteiger partial charge in [0.2, 0.25) is 0 Å². The molecule has 1 atom stereocenters. The van der Waals surface area contributed by atoms with E-state index >= 15 is 0 Å². The summed E-state index contributed by atoms with van der Waals surface area (Å²) < 4.78 is 0. The molecule has 0 saturated carbocycles. The molecule has 0 aliphatic carbocycles. The van der Waals surface area contributed by atoms with E-state index in [1.807, 2.05) is 0 Å². The van der Waals surface area contributed by atoms with Crippen molar-refractivity contribution < 1.29 is 0 Å². The van der Waals surface area contributed by atoms with Crippen LogP contribution < -0.4 is 5.32 Å². The van der Waals surface area contributed by atoms with E-state index in [9.17, 15) is 0 Å². The minimum Gasteiger partial charge on any atom is -0.311 e. The molecule has 1 N–H and O–H groups in total. The van der Waals surface area contributed by atoms with Gasteiger partial charge < -0.3 is 5.32 Å². The Kier molecular flexibility index (Phi) is 8.28. The van der Waals surface area contributed by atoms with Gasteiger partial charge in [-0.15, -0.1) is 0 Å². The van der Waals surface area contributed by atoms with Crippen molar-refractivity contribution in [1.29, 1.82) is 0 Å². The maximum atomic E-state index is 4.10. The summed E-state index contributed by atoms with van der Waals surface area (Å²) in [4.78, 5) is 0. The van der Waals surface area contributed by atoms with Gasteiger partial charge in [-0.05, 0) is 38.5 Å². The average Bonchev–Trinajstić information content (AvgIpc) is 2.22. The maximum Gasteiger partial charge on any atom is 0.0164 e. The SMILES string of the molecule is C=C(CC)CCC(C)NCC(=C)CC(C)C. The third-order valence-corrected chi connectivity index (χ3v) is 2.83. The highest BCUT2D eigenvalue weighted by Gasteiger charge is 2.04. The summed E-state index contributed by atoms with van der Waals surface area (Å²) in [7, 11) is 0. The van der Waals surface area contributed by atoms with Crippen molar-refractivity contribution in [2.45, 2.75) is 59.4 Å². The van der Waals surface area contributed by atoms with Crippen LogP contribution in [0.15, 0.2) is 24.3 Å². The van der Waals surface area contributed by atoms with E-state index in [0.29, 0.717) is 12.0 Å². The highest BCUT2D eigenvalue weighted by Crippen LogP contribution is 2.10. The smallest absolute Gasteiger partial charge is 0.0164 e. The molecule has 0 heterocycles. The van der Waals surface area contributed by atoms with Gasteiger partial charge in [0.05, 0.1) is 0 Å². The van der Waals surface area contributed by atoms with Crippen molar-refractivity contribution in [3.8, 4) is 0 Å². The van der Waals surface area contributed by atoms with Gasteiger partial charge in [0, 0.05) is 12.6 Å². The molecule has 1 nitrogen and oxygen atoms in total. The molecule has 0 amide bonds. The van der Waals surface area contributed by atoms with E-state index in [4.69, 9.17) is 0 Å². The predicted molar refractivity (Wildman–Crippen MR) is 74.7 cm³/mol. The first kappa shape index (κ1) is 15.4. The van der Waals surface area contributed by atoms with Gasteiger partial charge >= 0.3 is 0 Å². The van der Waals surface area contributed by atoms with E-state index in [2.05, 4.69) is 46.2 Å². The second-order valence-electron chi connectivity index (χ2n) is 5.27. The Labute approximate surface area is 102 Å². The largest absolute Gasteiger partial charge is 0.311 e. The van der Waals surface area contributed by atoms with Crippen LogP contribution in [-0.2, 0) is 0 Å². The molecular formula is C15H29N. The van der Waals surface area contributed by atoms with Crippen LogP contribution >= 0.6 is 0 Å². The molecule has 0 aliphatic rings. The average molecular weight is 223 g/mol. The van der Waals surface area contributed by atoms with Gasteiger partial charge in [-0.3, -0.25) is 0 Å². The summed E-state index contributed by atoms with van der Waals surface area (Å²) in [6.45, 7) is 18.0. The number of rotatable bonds is 9. The summed E-state index contributed by atoms with van der Waals surface area (Å²) in [6.07, 6.45) is 4.55. The van der Waals surface area contributed by atoms with Crippen molar-refractivity contribution >= 4 is 0 Å². The summed E-state index contributed by atoms with van der Waals surface area (Å²) in [5.41, 5.74) is 2.67. The van der Waals surface area contributed by atoms with E-state index in [0.717, 1.165) is 25.8 Å². The molecule has 0 saturated heterocycles. The molecule has 0 aliphatic heterocycles. The standard InChI is InChI=1S/C15H29N/c1-7-13(4)8-9-15(6)16-11-14(5)10-12(2)3/h12,15-16H,4-5,7-11H2,1-3,6H3. The first-order valence-corrected chi connectivity index (χ1v) is 6.52. The summed E-state index contributed by atoms with van der Waals surface area (Å²) in [5, 5.41) is 3.53. The Hall–Kier alpha value is -0.560. The van der Waals surface area contributed by atoms with Gasteiger partial charge in [0.25, 0.3) is 0 Å². The van der Waals surface area contributed by atoms with Crippen LogP contribution in [0.2, 0.25) is 0 Å². The molecule has 0 fully saturated rings. The fraction of sp³-hybridized carbons (Fsp3) is 0.733. The normalized spacial score (nSPS) is 12.8. The van der Waals surface area contributed by atoms with Gasteiger partial charge in [-0.25, -0.2) is 0 Å². The van der Waals surface area contributed by atoms with Crippen LogP contribution in [0.1, 0.15) is 53.4 Å². The minimum atomic E-state index is 0.562. The van der Waals surface area contributed by atoms with Crippen LogP contribution in [0.25, 0.3) is 0 Å². The maximum absolute atomic E-state index is 4.10. The molecule has 0 aromatic rings. The number of nitrogens with one attached hydrogen (secondary N) is 1. The number of hydrogen-bond acceptors (Lipinski definition) is 1. The Morgan fingerprint density at radius 3 is 2.25 bits per heavy atom. The topological polar surface area (TPSA) is 12.0 Å².